The van der Waals surface area contributed by atoms with Crippen molar-refractivity contribution < 1.29 is 9.13 Å². The van der Waals surface area contributed by atoms with Crippen molar-refractivity contribution in [2.75, 3.05) is 5.73 Å². The van der Waals surface area contributed by atoms with Crippen LogP contribution in [0, 0.1) is 5.82 Å². The van der Waals surface area contributed by atoms with E-state index < -0.39 is 6.10 Å². The predicted molar refractivity (Wildman–Crippen MR) is 117 cm³/mol. The van der Waals surface area contributed by atoms with Crippen LogP contribution in [0.4, 0.5) is 10.2 Å². The molecule has 7 nitrogen and oxygen atoms in total. The quantitative estimate of drug-likeness (QED) is 0.455. The number of nitrogen functional groups attached to an aromatic ring is 1. The second kappa shape index (κ2) is 8.19. The Morgan fingerprint density at radius 1 is 1.37 bits per heavy atom. The number of halogens is 1. The minimum Gasteiger partial charge on any atom is -0.482 e. The van der Waals surface area contributed by atoms with Crippen molar-refractivity contribution in [1.82, 2.24) is 9.36 Å². The molecule has 30 heavy (non-hydrogen) atoms. The van der Waals surface area contributed by atoms with Crippen LogP contribution in [-0.4, -0.2) is 21.5 Å². The molecule has 0 spiro atoms. The summed E-state index contributed by atoms with van der Waals surface area (Å²) in [5.74, 6) is 0.702. The minimum atomic E-state index is -0.529. The predicted octanol–water partition coefficient (Wildman–Crippen LogP) is 3.88. The van der Waals surface area contributed by atoms with Gasteiger partial charge >= 0.3 is 0 Å². The summed E-state index contributed by atoms with van der Waals surface area (Å²) in [6.45, 7) is 4.22. The van der Waals surface area contributed by atoms with Crippen LogP contribution in [0.25, 0.3) is 11.1 Å². The fraction of sp³-hybridized carbons (Fsp3) is 0.238. The smallest absolute Gasteiger partial charge is 0.166 e. The standard InChI is InChI=1S/C21H21FN6OS/c1-3-16-19-12-6-17(20(24)25-8-12)29-11(2)15-7-13(22)4-5-14(15)21(27-10-23)26-9-18(19)30-28-16/h4-8,10-11H,3,9H2,1-2H3,(H2,24,25)(H2,23,26,27). The molecule has 1 aliphatic heterocycles. The zero-order chi connectivity index (χ0) is 21.3. The Hall–Kier alpha value is -3.33. The fourth-order valence-corrected chi connectivity index (χ4v) is 4.36. The lowest BCUT2D eigenvalue weighted by Crippen LogP contribution is -2.13. The van der Waals surface area contributed by atoms with Gasteiger partial charge in [0.1, 0.15) is 11.9 Å². The fourth-order valence-electron chi connectivity index (χ4n) is 3.47. The van der Waals surface area contributed by atoms with Gasteiger partial charge in [-0.05, 0) is 49.1 Å². The zero-order valence-electron chi connectivity index (χ0n) is 16.6. The van der Waals surface area contributed by atoms with E-state index in [-0.39, 0.29) is 11.6 Å². The minimum absolute atomic E-state index is 0.261. The summed E-state index contributed by atoms with van der Waals surface area (Å²) in [4.78, 5) is 14.2. The van der Waals surface area contributed by atoms with Gasteiger partial charge in [-0.3, -0.25) is 4.99 Å². The van der Waals surface area contributed by atoms with Crippen LogP contribution in [0.5, 0.6) is 5.75 Å². The van der Waals surface area contributed by atoms with Gasteiger partial charge in [0.25, 0.3) is 0 Å². The molecule has 0 radical (unpaired) electrons. The maximum absolute atomic E-state index is 14.1. The number of benzene rings is 1. The average molecular weight is 425 g/mol. The molecule has 0 saturated heterocycles. The van der Waals surface area contributed by atoms with Crippen LogP contribution < -0.4 is 16.2 Å². The van der Waals surface area contributed by atoms with Gasteiger partial charge in [-0.2, -0.15) is 4.37 Å². The van der Waals surface area contributed by atoms with Crippen molar-refractivity contribution in [3.8, 4) is 16.9 Å². The highest BCUT2D eigenvalue weighted by Crippen LogP contribution is 2.37. The summed E-state index contributed by atoms with van der Waals surface area (Å²) in [6.07, 6.45) is 3.13. The van der Waals surface area contributed by atoms with E-state index >= 15 is 0 Å². The third-order valence-electron chi connectivity index (χ3n) is 4.90. The number of amidine groups is 1. The third-order valence-corrected chi connectivity index (χ3v) is 5.77. The summed E-state index contributed by atoms with van der Waals surface area (Å²) in [5, 5.41) is 0. The first-order valence-corrected chi connectivity index (χ1v) is 10.3. The van der Waals surface area contributed by atoms with Gasteiger partial charge in [0.15, 0.2) is 17.4 Å². The molecule has 3 aromatic rings. The van der Waals surface area contributed by atoms with Crippen molar-refractivity contribution >= 4 is 29.5 Å². The lowest BCUT2D eigenvalue weighted by Gasteiger charge is -2.20. The van der Waals surface area contributed by atoms with Gasteiger partial charge in [-0.1, -0.05) is 6.92 Å². The van der Waals surface area contributed by atoms with Crippen LogP contribution >= 0.6 is 11.5 Å². The molecule has 3 heterocycles. The van der Waals surface area contributed by atoms with Gasteiger partial charge in [-0.25, -0.2) is 14.4 Å². The van der Waals surface area contributed by atoms with E-state index in [0.29, 0.717) is 29.3 Å². The number of aromatic nitrogens is 2. The van der Waals surface area contributed by atoms with Crippen molar-refractivity contribution in [2.24, 2.45) is 15.7 Å². The lowest BCUT2D eigenvalue weighted by atomic mass is 10.0. The topological polar surface area (TPSA) is 112 Å². The number of aryl methyl sites for hydroxylation is 1. The van der Waals surface area contributed by atoms with Gasteiger partial charge in [0, 0.05) is 28.5 Å². The molecule has 0 amide bonds. The zero-order valence-corrected chi connectivity index (χ0v) is 17.4. The number of hydrogen-bond acceptors (Lipinski definition) is 7. The number of hydrogen-bond donors (Lipinski definition) is 2. The first-order chi connectivity index (χ1) is 14.5. The number of fused-ring (bicyclic) bond motifs is 5. The Bertz CT molecular complexity index is 1160. The van der Waals surface area contributed by atoms with Gasteiger partial charge in [0.05, 0.1) is 23.5 Å². The number of rotatable bonds is 1. The molecule has 1 aliphatic rings. The Labute approximate surface area is 177 Å². The van der Waals surface area contributed by atoms with Crippen LogP contribution in [0.1, 0.15) is 41.6 Å². The van der Waals surface area contributed by atoms with Crippen LogP contribution in [-0.2, 0) is 13.0 Å². The molecule has 2 aromatic heterocycles. The highest BCUT2D eigenvalue weighted by molar-refractivity contribution is 7.06. The lowest BCUT2D eigenvalue weighted by molar-refractivity contribution is 0.227. The molecular weight excluding hydrogens is 403 g/mol. The molecule has 154 valence electrons. The maximum atomic E-state index is 14.1. The Balaban J connectivity index is 1.98. The molecule has 1 aromatic carbocycles. The first kappa shape index (κ1) is 20.0. The molecule has 4 rings (SSSR count). The Morgan fingerprint density at radius 2 is 2.20 bits per heavy atom. The summed E-state index contributed by atoms with van der Waals surface area (Å²) < 4.78 is 24.8. The van der Waals surface area contributed by atoms with Crippen LogP contribution in [0.2, 0.25) is 0 Å². The highest BCUT2D eigenvalue weighted by Gasteiger charge is 2.22. The summed E-state index contributed by atoms with van der Waals surface area (Å²) >= 11 is 1.39. The van der Waals surface area contributed by atoms with Crippen molar-refractivity contribution in [3.63, 3.8) is 0 Å². The van der Waals surface area contributed by atoms with E-state index in [4.69, 9.17) is 16.2 Å². The Morgan fingerprint density at radius 3 is 2.97 bits per heavy atom. The molecule has 0 saturated carbocycles. The number of pyridine rings is 1. The highest BCUT2D eigenvalue weighted by atomic mass is 32.1. The van der Waals surface area contributed by atoms with E-state index in [2.05, 4.69) is 19.3 Å². The maximum Gasteiger partial charge on any atom is 0.166 e. The SMILES string of the molecule is CCc1nsc2c1-c1cnc(N)c(c1)OC(C)c1cc(F)ccc1C(N=CN)=NC2. The number of nitrogens with two attached hydrogens (primary N) is 2. The second-order valence-corrected chi connectivity index (χ2v) is 7.66. The van der Waals surface area contributed by atoms with E-state index in [1.54, 1.807) is 12.3 Å². The largest absolute Gasteiger partial charge is 0.482 e. The molecule has 9 heteroatoms. The number of anilines is 1. The van der Waals surface area contributed by atoms with E-state index in [9.17, 15) is 4.39 Å². The van der Waals surface area contributed by atoms with Gasteiger partial charge < -0.3 is 16.2 Å². The molecule has 0 fully saturated rings. The van der Waals surface area contributed by atoms with Gasteiger partial charge in [0.2, 0.25) is 0 Å². The first-order valence-electron chi connectivity index (χ1n) is 9.50. The number of ether oxygens (including phenoxy) is 1. The van der Waals surface area contributed by atoms with Gasteiger partial charge in [-0.15, -0.1) is 0 Å². The van der Waals surface area contributed by atoms with E-state index in [1.165, 1.54) is 30.0 Å². The summed E-state index contributed by atoms with van der Waals surface area (Å²) in [5.41, 5.74) is 15.7. The Kier molecular flexibility index (Phi) is 5.45. The van der Waals surface area contributed by atoms with E-state index in [0.717, 1.165) is 28.1 Å². The summed E-state index contributed by atoms with van der Waals surface area (Å²) in [6, 6.07) is 6.26. The number of aliphatic imine (C=N–C) groups is 2. The van der Waals surface area contributed by atoms with E-state index in [1.807, 2.05) is 19.9 Å². The van der Waals surface area contributed by atoms with Crippen LogP contribution in [0.3, 0.4) is 0 Å². The molecule has 4 N–H and O–H groups in total. The van der Waals surface area contributed by atoms with Crippen molar-refractivity contribution in [2.45, 2.75) is 32.9 Å². The average Bonchev–Trinajstić information content (AvgIpc) is 3.15. The monoisotopic (exact) mass is 424 g/mol. The number of nitrogens with zero attached hydrogens (tertiary/aromatic N) is 4. The molecule has 0 aliphatic carbocycles. The van der Waals surface area contributed by atoms with Crippen molar-refractivity contribution in [3.05, 3.63) is 58.0 Å². The summed E-state index contributed by atoms with van der Waals surface area (Å²) in [7, 11) is 0. The molecular formula is C21H21FN6OS. The normalized spacial score (nSPS) is 16.1. The molecule has 1 atom stereocenters. The van der Waals surface area contributed by atoms with Crippen molar-refractivity contribution in [1.29, 1.82) is 0 Å². The molecule has 2 bridgehead atoms. The van der Waals surface area contributed by atoms with Crippen LogP contribution in [0.15, 0.2) is 40.4 Å². The molecule has 1 unspecified atom stereocenters. The third kappa shape index (κ3) is 3.63. The second-order valence-electron chi connectivity index (χ2n) is 6.80.